The maximum Gasteiger partial charge on any atom is 0.0465 e. The van der Waals surface area contributed by atoms with Crippen LogP contribution in [0.3, 0.4) is 0 Å². The van der Waals surface area contributed by atoms with Crippen molar-refractivity contribution in [2.75, 3.05) is 26.8 Å². The summed E-state index contributed by atoms with van der Waals surface area (Å²) >= 11 is 0. The normalized spacial score (nSPS) is 24.5. The van der Waals surface area contributed by atoms with Crippen molar-refractivity contribution in [2.24, 2.45) is 11.7 Å². The first-order chi connectivity index (χ1) is 8.06. The first-order valence-electron chi connectivity index (χ1n) is 7.05. The largest absolute Gasteiger partial charge is 0.385 e. The van der Waals surface area contributed by atoms with Crippen molar-refractivity contribution >= 4 is 0 Å². The molecule has 17 heavy (non-hydrogen) atoms. The molecular weight excluding hydrogens is 212 g/mol. The van der Waals surface area contributed by atoms with E-state index in [0.29, 0.717) is 5.92 Å². The molecule has 0 bridgehead atoms. The Hall–Kier alpha value is -0.120. The molecule has 0 spiro atoms. The van der Waals surface area contributed by atoms with Crippen molar-refractivity contribution < 1.29 is 4.74 Å². The molecule has 0 saturated carbocycles. The second-order valence-electron chi connectivity index (χ2n) is 5.69. The summed E-state index contributed by atoms with van der Waals surface area (Å²) in [6.07, 6.45) is 4.84. The quantitative estimate of drug-likeness (QED) is 0.744. The fourth-order valence-corrected chi connectivity index (χ4v) is 2.99. The third-order valence-corrected chi connectivity index (χ3v) is 4.65. The van der Waals surface area contributed by atoms with Crippen LogP contribution in [-0.2, 0) is 4.74 Å². The van der Waals surface area contributed by atoms with Gasteiger partial charge in [0.2, 0.25) is 0 Å². The third kappa shape index (κ3) is 3.43. The molecule has 2 N–H and O–H groups in total. The van der Waals surface area contributed by atoms with Gasteiger partial charge >= 0.3 is 0 Å². The van der Waals surface area contributed by atoms with Crippen LogP contribution < -0.4 is 5.73 Å². The van der Waals surface area contributed by atoms with E-state index in [1.165, 1.54) is 25.9 Å². The number of hydrogen-bond acceptors (Lipinski definition) is 3. The lowest BCUT2D eigenvalue weighted by Crippen LogP contribution is -2.59. The predicted octanol–water partition coefficient (Wildman–Crippen LogP) is 2.25. The molecule has 3 atom stereocenters. The second kappa shape index (κ2) is 6.72. The summed E-state index contributed by atoms with van der Waals surface area (Å²) in [6.45, 7) is 10.1. The fraction of sp³-hybridized carbons (Fsp3) is 1.00. The number of nitrogens with two attached hydrogens (primary N) is 1. The highest BCUT2D eigenvalue weighted by atomic mass is 16.5. The number of likely N-dealkylation sites (tertiary alicyclic amines) is 1. The van der Waals surface area contributed by atoms with Crippen LogP contribution >= 0.6 is 0 Å². The Labute approximate surface area is 107 Å². The van der Waals surface area contributed by atoms with Gasteiger partial charge in [0.05, 0.1) is 0 Å². The molecule has 1 aliphatic rings. The van der Waals surface area contributed by atoms with Gasteiger partial charge < -0.3 is 10.5 Å². The molecule has 3 nitrogen and oxygen atoms in total. The average molecular weight is 242 g/mol. The van der Waals surface area contributed by atoms with E-state index in [1.807, 2.05) is 0 Å². The minimum Gasteiger partial charge on any atom is -0.385 e. The molecule has 1 heterocycles. The van der Waals surface area contributed by atoms with Gasteiger partial charge in [0.1, 0.15) is 0 Å². The van der Waals surface area contributed by atoms with Gasteiger partial charge in [0.15, 0.2) is 0 Å². The van der Waals surface area contributed by atoms with E-state index >= 15 is 0 Å². The molecular formula is C14H30N2O. The van der Waals surface area contributed by atoms with Crippen molar-refractivity contribution in [3.8, 4) is 0 Å². The molecule has 1 rings (SSSR count). The van der Waals surface area contributed by atoms with Crippen LogP contribution in [0.5, 0.6) is 0 Å². The summed E-state index contributed by atoms with van der Waals surface area (Å²) in [7, 11) is 1.76. The van der Waals surface area contributed by atoms with E-state index in [4.69, 9.17) is 10.5 Å². The first-order valence-corrected chi connectivity index (χ1v) is 7.05. The Morgan fingerprint density at radius 3 is 2.41 bits per heavy atom. The van der Waals surface area contributed by atoms with Gasteiger partial charge in [-0.2, -0.15) is 0 Å². The molecule has 0 aliphatic carbocycles. The summed E-state index contributed by atoms with van der Waals surface area (Å²) in [5, 5.41) is 0. The predicted molar refractivity (Wildman–Crippen MR) is 73.1 cm³/mol. The van der Waals surface area contributed by atoms with Crippen LogP contribution in [-0.4, -0.2) is 43.3 Å². The lowest BCUT2D eigenvalue weighted by molar-refractivity contribution is 0.0687. The number of rotatable bonds is 7. The Morgan fingerprint density at radius 1 is 1.35 bits per heavy atom. The van der Waals surface area contributed by atoms with Crippen molar-refractivity contribution in [1.29, 1.82) is 0 Å². The maximum atomic E-state index is 6.53. The highest BCUT2D eigenvalue weighted by Crippen LogP contribution is 2.31. The molecule has 3 heteroatoms. The SMILES string of the molecule is CCC(C)(C(N)C(C)CCOC)N1CCCC1. The molecule has 102 valence electrons. The minimum absolute atomic E-state index is 0.156. The van der Waals surface area contributed by atoms with Crippen molar-refractivity contribution in [3.63, 3.8) is 0 Å². The average Bonchev–Trinajstić information content (AvgIpc) is 2.88. The molecule has 0 aromatic rings. The van der Waals surface area contributed by atoms with E-state index in [0.717, 1.165) is 19.4 Å². The van der Waals surface area contributed by atoms with Crippen molar-refractivity contribution in [3.05, 3.63) is 0 Å². The van der Waals surface area contributed by atoms with E-state index in [2.05, 4.69) is 25.7 Å². The summed E-state index contributed by atoms with van der Waals surface area (Å²) < 4.78 is 5.17. The molecule has 0 aromatic heterocycles. The van der Waals surface area contributed by atoms with Gasteiger partial charge in [-0.1, -0.05) is 13.8 Å². The van der Waals surface area contributed by atoms with Gasteiger partial charge in [0.25, 0.3) is 0 Å². The van der Waals surface area contributed by atoms with Crippen molar-refractivity contribution in [2.45, 2.75) is 58.0 Å². The highest BCUT2D eigenvalue weighted by molar-refractivity contribution is 4.98. The molecule has 3 unspecified atom stereocenters. The maximum absolute atomic E-state index is 6.53. The first kappa shape index (κ1) is 14.9. The highest BCUT2D eigenvalue weighted by Gasteiger charge is 2.39. The summed E-state index contributed by atoms with van der Waals surface area (Å²) in [5.41, 5.74) is 6.69. The van der Waals surface area contributed by atoms with Crippen LogP contribution in [0.1, 0.15) is 46.5 Å². The Kier molecular flexibility index (Phi) is 5.90. The summed E-state index contributed by atoms with van der Waals surface area (Å²) in [5.74, 6) is 0.514. The Bertz CT molecular complexity index is 216. The number of ether oxygens (including phenoxy) is 1. The summed E-state index contributed by atoms with van der Waals surface area (Å²) in [6, 6.07) is 0.237. The van der Waals surface area contributed by atoms with Gasteiger partial charge in [0, 0.05) is 25.3 Å². The topological polar surface area (TPSA) is 38.5 Å². The van der Waals surface area contributed by atoms with Crippen LogP contribution in [0.2, 0.25) is 0 Å². The zero-order chi connectivity index (χ0) is 12.9. The number of methoxy groups -OCH3 is 1. The lowest BCUT2D eigenvalue weighted by atomic mass is 9.80. The van der Waals surface area contributed by atoms with Gasteiger partial charge in [-0.25, -0.2) is 0 Å². The van der Waals surface area contributed by atoms with Gasteiger partial charge in [-0.15, -0.1) is 0 Å². The number of nitrogens with zero attached hydrogens (tertiary/aromatic N) is 1. The Morgan fingerprint density at radius 2 is 1.94 bits per heavy atom. The monoisotopic (exact) mass is 242 g/mol. The van der Waals surface area contributed by atoms with Crippen LogP contribution in [0.25, 0.3) is 0 Å². The zero-order valence-corrected chi connectivity index (χ0v) is 12.0. The third-order valence-electron chi connectivity index (χ3n) is 4.65. The second-order valence-corrected chi connectivity index (χ2v) is 5.69. The van der Waals surface area contributed by atoms with E-state index in [9.17, 15) is 0 Å². The van der Waals surface area contributed by atoms with Crippen LogP contribution in [0, 0.1) is 5.92 Å². The minimum atomic E-state index is 0.156. The van der Waals surface area contributed by atoms with E-state index in [-0.39, 0.29) is 11.6 Å². The fourth-order valence-electron chi connectivity index (χ4n) is 2.99. The number of hydrogen-bond donors (Lipinski definition) is 1. The smallest absolute Gasteiger partial charge is 0.0465 e. The standard InChI is InChI=1S/C14H30N2O/c1-5-14(3,16-9-6-7-10-16)13(15)12(2)8-11-17-4/h12-13H,5-11,15H2,1-4H3. The van der Waals surface area contributed by atoms with Gasteiger partial charge in [-0.05, 0) is 51.6 Å². The van der Waals surface area contributed by atoms with Crippen LogP contribution in [0.4, 0.5) is 0 Å². The molecule has 1 fully saturated rings. The van der Waals surface area contributed by atoms with E-state index < -0.39 is 0 Å². The van der Waals surface area contributed by atoms with E-state index in [1.54, 1.807) is 7.11 Å². The molecule has 0 aromatic carbocycles. The Balaban J connectivity index is 2.63. The summed E-state index contributed by atoms with van der Waals surface area (Å²) in [4.78, 5) is 2.60. The van der Waals surface area contributed by atoms with Gasteiger partial charge in [-0.3, -0.25) is 4.90 Å². The van der Waals surface area contributed by atoms with Crippen molar-refractivity contribution in [1.82, 2.24) is 4.90 Å². The molecule has 1 saturated heterocycles. The molecule has 0 amide bonds. The van der Waals surface area contributed by atoms with Crippen LogP contribution in [0.15, 0.2) is 0 Å². The lowest BCUT2D eigenvalue weighted by Gasteiger charge is -2.45. The molecule has 0 radical (unpaired) electrons. The zero-order valence-electron chi connectivity index (χ0n) is 12.0. The molecule has 1 aliphatic heterocycles.